The van der Waals surface area contributed by atoms with Gasteiger partial charge in [-0.2, -0.15) is 0 Å². The zero-order valence-electron chi connectivity index (χ0n) is 16.8. The van der Waals surface area contributed by atoms with E-state index in [1.54, 1.807) is 6.20 Å². The molecule has 0 atom stereocenters. The number of carbonyl (C=O) groups is 2. The van der Waals surface area contributed by atoms with Crippen molar-refractivity contribution in [2.45, 2.75) is 37.7 Å². The maximum absolute atomic E-state index is 12.5. The summed E-state index contributed by atoms with van der Waals surface area (Å²) in [4.78, 5) is 34.1. The van der Waals surface area contributed by atoms with Crippen LogP contribution in [0.1, 0.15) is 56.2 Å². The fourth-order valence-corrected chi connectivity index (χ4v) is 6.05. The van der Waals surface area contributed by atoms with Crippen molar-refractivity contribution in [1.82, 2.24) is 9.88 Å². The molecule has 5 heterocycles. The van der Waals surface area contributed by atoms with Crippen molar-refractivity contribution in [3.8, 4) is 0 Å². The van der Waals surface area contributed by atoms with Crippen LogP contribution in [0.2, 0.25) is 0 Å². The number of piperidine rings is 1. The fraction of sp³-hybridized carbons (Fsp3) is 0.500. The van der Waals surface area contributed by atoms with Crippen LogP contribution in [0.5, 0.6) is 0 Å². The number of fused-ring (bicyclic) bond motifs is 2. The van der Waals surface area contributed by atoms with Gasteiger partial charge in [-0.1, -0.05) is 0 Å². The van der Waals surface area contributed by atoms with Crippen LogP contribution in [0.4, 0.5) is 5.82 Å². The molecule has 1 spiro atoms. The summed E-state index contributed by atoms with van der Waals surface area (Å²) in [5.41, 5.74) is 1.39. The van der Waals surface area contributed by atoms with E-state index < -0.39 is 5.97 Å². The summed E-state index contributed by atoms with van der Waals surface area (Å²) in [6.45, 7) is 3.87. The summed E-state index contributed by atoms with van der Waals surface area (Å²) in [6.07, 6.45) is 6.22. The molecule has 0 bridgehead atoms. The van der Waals surface area contributed by atoms with Gasteiger partial charge in [0.2, 0.25) is 0 Å². The highest BCUT2D eigenvalue weighted by Gasteiger charge is 2.43. The smallest absolute Gasteiger partial charge is 0.345 e. The van der Waals surface area contributed by atoms with Gasteiger partial charge in [-0.05, 0) is 55.9 Å². The number of nitrogens with zero attached hydrogens (tertiary/aromatic N) is 3. The van der Waals surface area contributed by atoms with E-state index >= 15 is 0 Å². The number of amides is 1. The van der Waals surface area contributed by atoms with E-state index in [4.69, 9.17) is 4.74 Å². The maximum atomic E-state index is 12.5. The van der Waals surface area contributed by atoms with Gasteiger partial charge in [-0.25, -0.2) is 9.78 Å². The minimum absolute atomic E-state index is 0.0687. The van der Waals surface area contributed by atoms with Crippen molar-refractivity contribution < 1.29 is 19.4 Å². The van der Waals surface area contributed by atoms with Gasteiger partial charge in [0.25, 0.3) is 5.91 Å². The van der Waals surface area contributed by atoms with E-state index in [9.17, 15) is 14.7 Å². The summed E-state index contributed by atoms with van der Waals surface area (Å²) < 4.78 is 6.24. The number of anilines is 1. The number of thiophene rings is 1. The third-order valence-corrected chi connectivity index (χ3v) is 7.82. The Balaban J connectivity index is 1.29. The molecule has 158 valence electrons. The second-order valence-corrected chi connectivity index (χ2v) is 9.31. The molecule has 0 unspecified atom stereocenters. The zero-order valence-corrected chi connectivity index (χ0v) is 17.6. The number of hydrogen-bond donors (Lipinski definition) is 1. The molecule has 0 radical (unpaired) electrons. The molecule has 2 saturated heterocycles. The number of hydrogen-bond acceptors (Lipinski definition) is 6. The van der Waals surface area contributed by atoms with Gasteiger partial charge >= 0.3 is 5.97 Å². The number of likely N-dealkylation sites (tertiary alicyclic amines) is 1. The van der Waals surface area contributed by atoms with Crippen LogP contribution in [0.15, 0.2) is 24.4 Å². The first kappa shape index (κ1) is 19.5. The monoisotopic (exact) mass is 427 g/mol. The molecule has 1 amide bonds. The Labute approximate surface area is 179 Å². The Hall–Kier alpha value is -2.45. The molecule has 7 nitrogen and oxygen atoms in total. The number of aromatic carboxylic acids is 1. The molecule has 2 aromatic heterocycles. The summed E-state index contributed by atoms with van der Waals surface area (Å²) in [6, 6.07) is 5.62. The molecule has 1 N–H and O–H groups in total. The molecule has 0 saturated carbocycles. The van der Waals surface area contributed by atoms with Gasteiger partial charge in [0.15, 0.2) is 0 Å². The van der Waals surface area contributed by atoms with Crippen molar-refractivity contribution in [3.05, 3.63) is 45.3 Å². The first-order chi connectivity index (χ1) is 14.6. The predicted octanol–water partition coefficient (Wildman–Crippen LogP) is 3.15. The highest BCUT2D eigenvalue weighted by Crippen LogP contribution is 2.45. The highest BCUT2D eigenvalue weighted by atomic mass is 32.1. The normalized spacial score (nSPS) is 20.4. The average Bonchev–Trinajstić information content (AvgIpc) is 3.45. The van der Waals surface area contributed by atoms with Gasteiger partial charge in [0, 0.05) is 37.3 Å². The first-order valence-electron chi connectivity index (χ1n) is 10.6. The lowest BCUT2D eigenvalue weighted by molar-refractivity contribution is -0.0735. The molecule has 30 heavy (non-hydrogen) atoms. The van der Waals surface area contributed by atoms with E-state index in [1.807, 2.05) is 23.1 Å². The lowest BCUT2D eigenvalue weighted by Crippen LogP contribution is -2.46. The van der Waals surface area contributed by atoms with Crippen LogP contribution in [0, 0.1) is 0 Å². The summed E-state index contributed by atoms with van der Waals surface area (Å²) in [5, 5.41) is 9.37. The van der Waals surface area contributed by atoms with E-state index in [2.05, 4.69) is 9.88 Å². The van der Waals surface area contributed by atoms with Crippen molar-refractivity contribution in [2.24, 2.45) is 0 Å². The van der Waals surface area contributed by atoms with E-state index in [1.165, 1.54) is 11.3 Å². The van der Waals surface area contributed by atoms with Crippen LogP contribution in [-0.2, 0) is 16.8 Å². The molecule has 0 aromatic carbocycles. The summed E-state index contributed by atoms with van der Waals surface area (Å²) in [5.74, 6) is 0.0743. The third-order valence-electron chi connectivity index (χ3n) is 6.47. The van der Waals surface area contributed by atoms with Crippen LogP contribution in [0.25, 0.3) is 0 Å². The zero-order chi connectivity index (χ0) is 20.7. The Kier molecular flexibility index (Phi) is 4.99. The molecular weight excluding hydrogens is 402 g/mol. The van der Waals surface area contributed by atoms with Gasteiger partial charge < -0.3 is 19.6 Å². The topological polar surface area (TPSA) is 83.0 Å². The van der Waals surface area contributed by atoms with Crippen molar-refractivity contribution in [3.63, 3.8) is 0 Å². The van der Waals surface area contributed by atoms with Crippen LogP contribution in [-0.4, -0.2) is 59.7 Å². The molecule has 3 aliphatic rings. The predicted molar refractivity (Wildman–Crippen MR) is 113 cm³/mol. The Morgan fingerprint density at radius 1 is 1.13 bits per heavy atom. The quantitative estimate of drug-likeness (QED) is 0.810. The fourth-order valence-electron chi connectivity index (χ4n) is 4.80. The van der Waals surface area contributed by atoms with Crippen molar-refractivity contribution in [1.29, 1.82) is 0 Å². The molecule has 0 aliphatic carbocycles. The molecule has 2 fully saturated rings. The average molecular weight is 428 g/mol. The second-order valence-electron chi connectivity index (χ2n) is 8.25. The minimum atomic E-state index is -0.866. The third kappa shape index (κ3) is 3.37. The van der Waals surface area contributed by atoms with Gasteiger partial charge in [-0.3, -0.25) is 4.79 Å². The van der Waals surface area contributed by atoms with E-state index in [0.29, 0.717) is 17.0 Å². The second kappa shape index (κ2) is 7.67. The largest absolute Gasteiger partial charge is 0.477 e. The summed E-state index contributed by atoms with van der Waals surface area (Å²) >= 11 is 1.36. The minimum Gasteiger partial charge on any atom is -0.477 e. The number of pyridine rings is 1. The van der Waals surface area contributed by atoms with Gasteiger partial charge in [0.05, 0.1) is 12.2 Å². The summed E-state index contributed by atoms with van der Waals surface area (Å²) in [7, 11) is 0. The highest BCUT2D eigenvalue weighted by molar-refractivity contribution is 7.14. The SMILES string of the molecule is O=C(O)c1cc2c(s1)C1(CCN(c3ccc(C(=O)N4CCCC4)cn3)CC1)OCC2. The first-order valence-corrected chi connectivity index (χ1v) is 11.4. The molecule has 2 aromatic rings. The number of rotatable bonds is 3. The van der Waals surface area contributed by atoms with Gasteiger partial charge in [0.1, 0.15) is 16.3 Å². The number of aromatic nitrogens is 1. The number of carboxylic acids is 1. The van der Waals surface area contributed by atoms with E-state index in [0.717, 1.165) is 74.5 Å². The lowest BCUT2D eigenvalue weighted by Gasteiger charge is -2.44. The number of carboxylic acid groups (broad SMARTS) is 1. The van der Waals surface area contributed by atoms with Crippen LogP contribution in [0.3, 0.4) is 0 Å². The lowest BCUT2D eigenvalue weighted by atomic mass is 9.85. The maximum Gasteiger partial charge on any atom is 0.345 e. The Morgan fingerprint density at radius 2 is 1.90 bits per heavy atom. The van der Waals surface area contributed by atoms with Crippen LogP contribution < -0.4 is 4.90 Å². The Bertz CT molecular complexity index is 957. The standard InChI is InChI=1S/C22H25N3O4S/c26-20(25-8-1-2-9-25)16-3-4-18(23-14-16)24-10-6-22(7-11-24)19-15(5-12-29-22)13-17(30-19)21(27)28/h3-4,13-14H,1-2,5-12H2,(H,27,28). The molecule has 5 rings (SSSR count). The molecule has 3 aliphatic heterocycles. The van der Waals surface area contributed by atoms with E-state index in [-0.39, 0.29) is 11.5 Å². The van der Waals surface area contributed by atoms with Crippen molar-refractivity contribution in [2.75, 3.05) is 37.7 Å². The molecular formula is C22H25N3O4S. The van der Waals surface area contributed by atoms with Gasteiger partial charge in [-0.15, -0.1) is 11.3 Å². The Morgan fingerprint density at radius 3 is 2.57 bits per heavy atom. The van der Waals surface area contributed by atoms with Crippen molar-refractivity contribution >= 4 is 29.0 Å². The number of carbonyl (C=O) groups excluding carboxylic acids is 1. The number of ether oxygens (including phenoxy) is 1. The molecule has 8 heteroatoms. The van der Waals surface area contributed by atoms with Crippen LogP contribution >= 0.6 is 11.3 Å².